The molecule has 2 rings (SSSR count). The summed E-state index contributed by atoms with van der Waals surface area (Å²) in [7, 11) is 1.56. The molecule has 0 spiro atoms. The van der Waals surface area contributed by atoms with Gasteiger partial charge in [0.15, 0.2) is 0 Å². The van der Waals surface area contributed by atoms with Crippen LogP contribution in [-0.2, 0) is 0 Å². The van der Waals surface area contributed by atoms with Gasteiger partial charge in [0, 0.05) is 0 Å². The Hall–Kier alpha value is -2.10. The van der Waals surface area contributed by atoms with Gasteiger partial charge < -0.3 is 10.5 Å². The average Bonchev–Trinajstić information content (AvgIpc) is 2.30. The number of hydrogen-bond donors (Lipinski definition) is 1. The smallest absolute Gasteiger partial charge is 0.249 e. The van der Waals surface area contributed by atoms with Crippen molar-refractivity contribution in [3.05, 3.63) is 44.7 Å². The monoisotopic (exact) mass is 203 g/mol. The Balaban J connectivity index is 2.48. The Bertz CT molecular complexity index is 562. The van der Waals surface area contributed by atoms with Crippen molar-refractivity contribution in [1.29, 1.82) is 0 Å². The minimum absolute atomic E-state index is 0.0465. The Morgan fingerprint density at radius 2 is 1.67 bits per heavy atom. The van der Waals surface area contributed by atoms with E-state index >= 15 is 0 Å². The van der Waals surface area contributed by atoms with E-state index in [2.05, 4.69) is 0 Å². The Labute approximate surface area is 85.6 Å². The van der Waals surface area contributed by atoms with Gasteiger partial charge >= 0.3 is 0 Å². The topological polar surface area (TPSA) is 69.4 Å². The lowest BCUT2D eigenvalue weighted by atomic mass is 9.99. The molecule has 2 aromatic carbocycles. The van der Waals surface area contributed by atoms with Gasteiger partial charge in [0.1, 0.15) is 5.75 Å². The highest BCUT2D eigenvalue weighted by molar-refractivity contribution is 5.80. The summed E-state index contributed by atoms with van der Waals surface area (Å²) in [5.74, 6) is 0.691. The van der Waals surface area contributed by atoms with Gasteiger partial charge in [-0.3, -0.25) is 9.59 Å². The zero-order chi connectivity index (χ0) is 11.0. The highest BCUT2D eigenvalue weighted by Crippen LogP contribution is 2.23. The quantitative estimate of drug-likeness (QED) is 0.723. The standard InChI is InChI=1S/C11H9NO3/c1-15-7-4-2-6(3-5-7)8-9(12)11(14)10(8)13/h2-5H,12H2,1H3. The summed E-state index contributed by atoms with van der Waals surface area (Å²) in [5, 5.41) is 0. The van der Waals surface area contributed by atoms with E-state index in [1.54, 1.807) is 31.4 Å². The molecular weight excluding hydrogens is 194 g/mol. The third-order valence-electron chi connectivity index (χ3n) is 2.33. The van der Waals surface area contributed by atoms with Crippen LogP contribution in [0.15, 0.2) is 33.9 Å². The van der Waals surface area contributed by atoms with Gasteiger partial charge in [-0.1, -0.05) is 12.1 Å². The second kappa shape index (κ2) is 3.24. The van der Waals surface area contributed by atoms with E-state index in [1.165, 1.54) is 0 Å². The van der Waals surface area contributed by atoms with Gasteiger partial charge in [0.05, 0.1) is 18.4 Å². The maximum absolute atomic E-state index is 11.2. The predicted octanol–water partition coefficient (Wildman–Crippen LogP) is 0.540. The van der Waals surface area contributed by atoms with Crippen molar-refractivity contribution in [3.8, 4) is 16.9 Å². The molecule has 0 amide bonds. The summed E-state index contributed by atoms with van der Waals surface area (Å²) >= 11 is 0. The molecule has 0 radical (unpaired) electrons. The molecule has 0 fully saturated rings. The van der Waals surface area contributed by atoms with Gasteiger partial charge in [-0.2, -0.15) is 0 Å². The Morgan fingerprint density at radius 1 is 1.07 bits per heavy atom. The maximum Gasteiger partial charge on any atom is 0.249 e. The predicted molar refractivity (Wildman–Crippen MR) is 57.8 cm³/mol. The van der Waals surface area contributed by atoms with Crippen molar-refractivity contribution in [2.24, 2.45) is 0 Å². The van der Waals surface area contributed by atoms with Gasteiger partial charge in [0.2, 0.25) is 10.9 Å². The fraction of sp³-hybridized carbons (Fsp3) is 0.0909. The van der Waals surface area contributed by atoms with E-state index in [0.717, 1.165) is 0 Å². The largest absolute Gasteiger partial charge is 0.497 e. The van der Waals surface area contributed by atoms with E-state index in [-0.39, 0.29) is 5.69 Å². The van der Waals surface area contributed by atoms with Crippen LogP contribution in [0.2, 0.25) is 0 Å². The lowest BCUT2D eigenvalue weighted by molar-refractivity contribution is 0.415. The lowest BCUT2D eigenvalue weighted by Crippen LogP contribution is -2.35. The molecule has 0 aromatic heterocycles. The molecule has 0 atom stereocenters. The second-order valence-electron chi connectivity index (χ2n) is 3.18. The van der Waals surface area contributed by atoms with Crippen molar-refractivity contribution < 1.29 is 4.74 Å². The number of hydrogen-bond acceptors (Lipinski definition) is 4. The molecule has 4 heteroatoms. The maximum atomic E-state index is 11.2. The lowest BCUT2D eigenvalue weighted by Gasteiger charge is -2.07. The molecule has 0 aliphatic rings. The minimum atomic E-state index is -0.596. The van der Waals surface area contributed by atoms with Crippen molar-refractivity contribution in [2.75, 3.05) is 12.8 Å². The van der Waals surface area contributed by atoms with Crippen LogP contribution in [-0.4, -0.2) is 7.11 Å². The zero-order valence-corrected chi connectivity index (χ0v) is 8.11. The van der Waals surface area contributed by atoms with E-state index in [4.69, 9.17) is 10.5 Å². The van der Waals surface area contributed by atoms with Gasteiger partial charge in [-0.05, 0) is 17.7 Å². The van der Waals surface area contributed by atoms with Crippen LogP contribution in [0.4, 0.5) is 5.69 Å². The van der Waals surface area contributed by atoms with Crippen LogP contribution in [0.5, 0.6) is 5.75 Å². The van der Waals surface area contributed by atoms with Crippen LogP contribution in [0, 0.1) is 0 Å². The summed E-state index contributed by atoms with van der Waals surface area (Å²) in [6.45, 7) is 0. The first-order valence-electron chi connectivity index (χ1n) is 4.38. The summed E-state index contributed by atoms with van der Waals surface area (Å²) in [6, 6.07) is 6.83. The first-order valence-corrected chi connectivity index (χ1v) is 4.38. The number of nitrogens with two attached hydrogens (primary N) is 1. The Morgan fingerprint density at radius 3 is 2.13 bits per heavy atom. The number of rotatable bonds is 2. The number of benzene rings is 1. The highest BCUT2D eigenvalue weighted by Gasteiger charge is 2.18. The molecule has 2 N–H and O–H groups in total. The second-order valence-corrected chi connectivity index (χ2v) is 3.18. The molecule has 0 saturated carbocycles. The van der Waals surface area contributed by atoms with E-state index in [1.807, 2.05) is 0 Å². The van der Waals surface area contributed by atoms with Gasteiger partial charge in [-0.15, -0.1) is 0 Å². The third-order valence-corrected chi connectivity index (χ3v) is 2.33. The summed E-state index contributed by atoms with van der Waals surface area (Å²) in [6.07, 6.45) is 0. The number of nitrogen functional groups attached to an aromatic ring is 1. The van der Waals surface area contributed by atoms with Crippen LogP contribution < -0.4 is 21.3 Å². The molecule has 2 aromatic rings. The Kier molecular flexibility index (Phi) is 2.04. The molecule has 0 aliphatic heterocycles. The average molecular weight is 203 g/mol. The van der Waals surface area contributed by atoms with E-state index in [9.17, 15) is 9.59 Å². The number of anilines is 1. The molecule has 76 valence electrons. The number of methoxy groups -OCH3 is 1. The molecular formula is C11H9NO3. The highest BCUT2D eigenvalue weighted by atomic mass is 16.5. The molecule has 0 heterocycles. The summed E-state index contributed by atoms with van der Waals surface area (Å²) in [4.78, 5) is 22.1. The van der Waals surface area contributed by atoms with Gasteiger partial charge in [0.25, 0.3) is 0 Å². The fourth-order valence-electron chi connectivity index (χ4n) is 1.45. The summed E-state index contributed by atoms with van der Waals surface area (Å²) in [5.41, 5.74) is 5.33. The van der Waals surface area contributed by atoms with Crippen LogP contribution >= 0.6 is 0 Å². The van der Waals surface area contributed by atoms with Gasteiger partial charge in [-0.25, -0.2) is 0 Å². The van der Waals surface area contributed by atoms with Crippen molar-refractivity contribution in [3.63, 3.8) is 0 Å². The summed E-state index contributed by atoms with van der Waals surface area (Å²) < 4.78 is 4.98. The molecule has 0 saturated heterocycles. The van der Waals surface area contributed by atoms with E-state index < -0.39 is 10.9 Å². The minimum Gasteiger partial charge on any atom is -0.497 e. The zero-order valence-electron chi connectivity index (χ0n) is 8.11. The third kappa shape index (κ3) is 1.30. The van der Waals surface area contributed by atoms with Crippen molar-refractivity contribution in [2.45, 2.75) is 0 Å². The van der Waals surface area contributed by atoms with Crippen molar-refractivity contribution in [1.82, 2.24) is 0 Å². The van der Waals surface area contributed by atoms with E-state index in [0.29, 0.717) is 16.9 Å². The molecule has 0 aliphatic carbocycles. The normalized spacial score (nSPS) is 10.5. The molecule has 0 bridgehead atoms. The van der Waals surface area contributed by atoms with Crippen LogP contribution in [0.3, 0.4) is 0 Å². The fourth-order valence-corrected chi connectivity index (χ4v) is 1.45. The SMILES string of the molecule is COc1ccc(-c2c(N)c(=O)c2=O)cc1. The number of ether oxygens (including phenoxy) is 1. The van der Waals surface area contributed by atoms with Crippen molar-refractivity contribution >= 4 is 5.69 Å². The molecule has 0 unspecified atom stereocenters. The molecule has 15 heavy (non-hydrogen) atoms. The van der Waals surface area contributed by atoms with Crippen LogP contribution in [0.25, 0.3) is 11.1 Å². The molecule has 4 nitrogen and oxygen atoms in total. The van der Waals surface area contributed by atoms with Crippen LogP contribution in [0.1, 0.15) is 0 Å². The first-order chi connectivity index (χ1) is 7.15. The first kappa shape index (κ1) is 9.45.